The molecule has 2 atom stereocenters. The van der Waals surface area contributed by atoms with Crippen molar-refractivity contribution in [3.8, 4) is 6.07 Å². The van der Waals surface area contributed by atoms with Crippen LogP contribution >= 0.6 is 0 Å². The van der Waals surface area contributed by atoms with E-state index in [1.54, 1.807) is 48.7 Å². The first-order chi connectivity index (χ1) is 17.0. The van der Waals surface area contributed by atoms with Gasteiger partial charge in [-0.1, -0.05) is 36.4 Å². The van der Waals surface area contributed by atoms with Crippen LogP contribution in [0.15, 0.2) is 85.1 Å². The molecule has 2 aromatic heterocycles. The van der Waals surface area contributed by atoms with E-state index < -0.39 is 17.4 Å². The van der Waals surface area contributed by atoms with Gasteiger partial charge in [0.15, 0.2) is 0 Å². The van der Waals surface area contributed by atoms with Gasteiger partial charge in [-0.2, -0.15) is 5.26 Å². The summed E-state index contributed by atoms with van der Waals surface area (Å²) < 4.78 is 24.0. The van der Waals surface area contributed by atoms with Gasteiger partial charge < -0.3 is 5.11 Å². The molecule has 3 aromatic carbocycles. The predicted octanol–water partition coefficient (Wildman–Crippen LogP) is 5.32. The Hall–Kier alpha value is -4.16. The second-order valence-corrected chi connectivity index (χ2v) is 8.91. The van der Waals surface area contributed by atoms with Gasteiger partial charge in [-0.25, -0.2) is 13.5 Å². The summed E-state index contributed by atoms with van der Waals surface area (Å²) in [4.78, 5) is 9.09. The lowest BCUT2D eigenvalue weighted by molar-refractivity contribution is 0.215. The average molecular weight is 481 g/mol. The Labute approximate surface area is 204 Å². The molecule has 0 amide bonds. The molecule has 0 saturated carbocycles. The Morgan fingerprint density at radius 3 is 2.54 bits per heavy atom. The molecule has 0 saturated heterocycles. The van der Waals surface area contributed by atoms with Crippen molar-refractivity contribution in [2.24, 2.45) is 0 Å². The zero-order valence-corrected chi connectivity index (χ0v) is 19.5. The maximum absolute atomic E-state index is 12.5. The van der Waals surface area contributed by atoms with E-state index in [0.29, 0.717) is 39.2 Å². The van der Waals surface area contributed by atoms with Crippen molar-refractivity contribution < 1.29 is 13.9 Å². The molecule has 0 aliphatic rings. The van der Waals surface area contributed by atoms with E-state index in [1.807, 2.05) is 43.3 Å². The summed E-state index contributed by atoms with van der Waals surface area (Å²) in [5, 5.41) is 21.7. The number of aliphatic hydroxyl groups is 1. The largest absolute Gasteiger partial charge is 0.382 e. The smallest absolute Gasteiger partial charge is 0.266 e. The van der Waals surface area contributed by atoms with Gasteiger partial charge in [0, 0.05) is 17.0 Å². The van der Waals surface area contributed by atoms with Crippen LogP contribution in [0, 0.1) is 18.3 Å². The molecule has 0 fully saturated rings. The average Bonchev–Trinajstić information content (AvgIpc) is 2.88. The van der Waals surface area contributed by atoms with Crippen molar-refractivity contribution in [3.63, 3.8) is 0 Å². The van der Waals surface area contributed by atoms with E-state index in [9.17, 15) is 13.9 Å². The van der Waals surface area contributed by atoms with E-state index in [1.165, 1.54) is 4.31 Å². The molecule has 2 N–H and O–H groups in total. The fourth-order valence-corrected chi connectivity index (χ4v) is 4.77. The minimum atomic E-state index is -2.37. The van der Waals surface area contributed by atoms with Gasteiger partial charge in [-0.05, 0) is 60.5 Å². The summed E-state index contributed by atoms with van der Waals surface area (Å²) in [6.45, 7) is 1.93. The van der Waals surface area contributed by atoms with Gasteiger partial charge in [-0.15, -0.1) is 0 Å². The van der Waals surface area contributed by atoms with Gasteiger partial charge in [0.05, 0.1) is 39.7 Å². The Morgan fingerprint density at radius 1 is 1.03 bits per heavy atom. The first kappa shape index (κ1) is 22.6. The SMILES string of the molecule is Cc1cc(C(O)c2ccc(C#N)cc2)nc2cc(N(c3cccc4cccnc34)S(=O)O)ccc12. The maximum Gasteiger partial charge on any atom is 0.266 e. The standard InChI is InChI=1S/C27H20N4O3S/c1-17-14-24(27(32)20-9-7-18(16-28)8-10-20)30-23-15-21(11-12-22(17)23)31(35(33)34)25-6-2-4-19-5-3-13-29-26(19)25/h2-15,27,32H,1H3,(H,33,34). The minimum absolute atomic E-state index is 0.445. The molecule has 172 valence electrons. The lowest BCUT2D eigenvalue weighted by Gasteiger charge is -2.22. The number of aliphatic hydroxyl groups excluding tert-OH is 1. The number of aryl methyl sites for hydroxylation is 1. The van der Waals surface area contributed by atoms with Crippen LogP contribution < -0.4 is 4.31 Å². The molecule has 5 aromatic rings. The van der Waals surface area contributed by atoms with Crippen LogP contribution in [0.5, 0.6) is 0 Å². The highest BCUT2D eigenvalue weighted by Gasteiger charge is 2.20. The molecule has 35 heavy (non-hydrogen) atoms. The summed E-state index contributed by atoms with van der Waals surface area (Å²) in [6.07, 6.45) is 0.659. The molecule has 7 nitrogen and oxygen atoms in total. The Morgan fingerprint density at radius 2 is 1.80 bits per heavy atom. The number of anilines is 2. The number of hydrogen-bond acceptors (Lipinski definition) is 5. The lowest BCUT2D eigenvalue weighted by atomic mass is 10.0. The normalized spacial score (nSPS) is 12.9. The molecule has 5 rings (SSSR count). The zero-order chi connectivity index (χ0) is 24.5. The van der Waals surface area contributed by atoms with Gasteiger partial charge >= 0.3 is 0 Å². The maximum atomic E-state index is 12.5. The fourth-order valence-electron chi connectivity index (χ4n) is 4.16. The van der Waals surface area contributed by atoms with E-state index in [4.69, 9.17) is 5.26 Å². The second kappa shape index (κ2) is 9.24. The Kier molecular flexibility index (Phi) is 5.97. The quantitative estimate of drug-likeness (QED) is 0.330. The molecule has 0 aliphatic heterocycles. The highest BCUT2D eigenvalue weighted by atomic mass is 32.2. The van der Waals surface area contributed by atoms with E-state index in [-0.39, 0.29) is 0 Å². The number of aromatic nitrogens is 2. The molecule has 0 radical (unpaired) electrons. The van der Waals surface area contributed by atoms with Crippen LogP contribution in [-0.2, 0) is 11.3 Å². The molecule has 0 bridgehead atoms. The van der Waals surface area contributed by atoms with E-state index in [2.05, 4.69) is 16.0 Å². The Bertz CT molecular complexity index is 1630. The van der Waals surface area contributed by atoms with Crippen molar-refractivity contribution in [2.75, 3.05) is 4.31 Å². The van der Waals surface area contributed by atoms with Gasteiger partial charge in [0.2, 0.25) is 0 Å². The van der Waals surface area contributed by atoms with Crippen LogP contribution in [0.2, 0.25) is 0 Å². The number of fused-ring (bicyclic) bond motifs is 2. The Balaban J connectivity index is 1.62. The van der Waals surface area contributed by atoms with Crippen LogP contribution in [0.1, 0.15) is 28.5 Å². The van der Waals surface area contributed by atoms with Crippen molar-refractivity contribution in [1.29, 1.82) is 5.26 Å². The summed E-state index contributed by atoms with van der Waals surface area (Å²) in [7, 11) is 0. The third kappa shape index (κ3) is 4.24. The molecule has 0 aliphatic carbocycles. The number of nitrogens with zero attached hydrogens (tertiary/aromatic N) is 4. The minimum Gasteiger partial charge on any atom is -0.382 e. The summed E-state index contributed by atoms with van der Waals surface area (Å²) >= 11 is -2.37. The molecule has 2 unspecified atom stereocenters. The molecule has 2 heterocycles. The predicted molar refractivity (Wildman–Crippen MR) is 136 cm³/mol. The van der Waals surface area contributed by atoms with Crippen molar-refractivity contribution in [2.45, 2.75) is 13.0 Å². The van der Waals surface area contributed by atoms with Gasteiger partial charge in [0.1, 0.15) is 6.10 Å². The third-order valence-corrected chi connectivity index (χ3v) is 6.60. The van der Waals surface area contributed by atoms with Crippen LogP contribution in [0.3, 0.4) is 0 Å². The number of pyridine rings is 2. The molecule has 8 heteroatoms. The first-order valence-corrected chi connectivity index (χ1v) is 11.9. The highest BCUT2D eigenvalue weighted by Crippen LogP contribution is 2.34. The van der Waals surface area contributed by atoms with Crippen LogP contribution in [-0.4, -0.2) is 23.8 Å². The van der Waals surface area contributed by atoms with Gasteiger partial charge in [-0.3, -0.25) is 9.54 Å². The monoisotopic (exact) mass is 480 g/mol. The molecular formula is C27H20N4O3S. The first-order valence-electron chi connectivity index (χ1n) is 10.8. The van der Waals surface area contributed by atoms with E-state index >= 15 is 0 Å². The number of benzene rings is 3. The highest BCUT2D eigenvalue weighted by molar-refractivity contribution is 7.81. The van der Waals surface area contributed by atoms with Gasteiger partial charge in [0.25, 0.3) is 11.3 Å². The number of hydrogen-bond donors (Lipinski definition) is 2. The number of para-hydroxylation sites is 1. The van der Waals surface area contributed by atoms with E-state index in [0.717, 1.165) is 16.3 Å². The third-order valence-electron chi connectivity index (χ3n) is 5.88. The zero-order valence-electron chi connectivity index (χ0n) is 18.7. The number of nitriles is 1. The van der Waals surface area contributed by atoms with Crippen LogP contribution in [0.4, 0.5) is 11.4 Å². The summed E-state index contributed by atoms with van der Waals surface area (Å²) in [6, 6.07) is 25.1. The van der Waals surface area contributed by atoms with Crippen molar-refractivity contribution >= 4 is 44.4 Å². The van der Waals surface area contributed by atoms with Crippen LogP contribution in [0.25, 0.3) is 21.8 Å². The lowest BCUT2D eigenvalue weighted by Crippen LogP contribution is -2.19. The topological polar surface area (TPSA) is 110 Å². The number of rotatable bonds is 5. The second-order valence-electron chi connectivity index (χ2n) is 8.08. The molecular weight excluding hydrogens is 460 g/mol. The fraction of sp³-hybridized carbons (Fsp3) is 0.0741. The van der Waals surface area contributed by atoms with Crippen molar-refractivity contribution in [1.82, 2.24) is 9.97 Å². The van der Waals surface area contributed by atoms with Crippen molar-refractivity contribution in [3.05, 3.63) is 107 Å². The molecule has 0 spiro atoms. The summed E-state index contributed by atoms with van der Waals surface area (Å²) in [5.74, 6) is 0. The summed E-state index contributed by atoms with van der Waals surface area (Å²) in [5.41, 5.74) is 4.62.